The summed E-state index contributed by atoms with van der Waals surface area (Å²) in [6.45, 7) is 14.0. The molecule has 1 aliphatic carbocycles. The van der Waals surface area contributed by atoms with Crippen molar-refractivity contribution in [3.63, 3.8) is 0 Å². The molecule has 3 aliphatic heterocycles. The summed E-state index contributed by atoms with van der Waals surface area (Å²) in [5, 5.41) is 1.24. The standard InChI is InChI=1S/C86H71BN4OS/c1-85(2,3)61-42-44-63(45-43-61)88(71-35-19-18-34-66(71)57-27-12-8-13-28-57)65-46-48-70-76(55-65)90(72-38-24-32-58-31-16-17-33-67(58)72)77-52-62(86(4,5)6)53-78-82(77)87(70)84-83(69-51-60(41-50-81(69)93-84)56-25-10-7-11-26-56)91(78)73-49-47-64(54-68(73)59-29-14-9-15-30-59)89-74-36-20-22-39-79(74)92-80-40-23-21-37-75(80)89/h7-15,18-30,32,34-55H,16-17,31,33H2,1-6H3. The van der Waals surface area contributed by atoms with Gasteiger partial charge in [0.05, 0.1) is 28.4 Å². The first-order valence-electron chi connectivity index (χ1n) is 33.0. The molecular formula is C86H71BN4OS. The number of aryl methyl sites for hydroxylation is 1. The van der Waals surface area contributed by atoms with E-state index in [4.69, 9.17) is 4.74 Å². The zero-order valence-corrected chi connectivity index (χ0v) is 54.3. The predicted molar refractivity (Wildman–Crippen MR) is 396 cm³/mol. The molecule has 4 heterocycles. The van der Waals surface area contributed by atoms with Crippen molar-refractivity contribution >= 4 is 112 Å². The number of ether oxygens (including phenoxy) is 1. The number of fused-ring (bicyclic) bond motifs is 9. The van der Waals surface area contributed by atoms with E-state index in [-0.39, 0.29) is 17.5 Å². The summed E-state index contributed by atoms with van der Waals surface area (Å²) in [6, 6.07) is 102. The third kappa shape index (κ3) is 9.57. The Balaban J connectivity index is 0.967. The Bertz CT molecular complexity index is 5020. The van der Waals surface area contributed by atoms with Crippen LogP contribution in [-0.2, 0) is 23.7 Å². The second-order valence-electron chi connectivity index (χ2n) is 27.5. The molecule has 0 N–H and O–H groups in total. The first-order chi connectivity index (χ1) is 45.4. The van der Waals surface area contributed by atoms with Crippen LogP contribution in [0.5, 0.6) is 11.5 Å². The maximum absolute atomic E-state index is 6.63. The fraction of sp³-hybridized carbons (Fsp3) is 0.140. The van der Waals surface area contributed by atoms with Gasteiger partial charge in [0.2, 0.25) is 0 Å². The molecular weight excluding hydrogens is 1150 g/mol. The van der Waals surface area contributed by atoms with Gasteiger partial charge in [0.1, 0.15) is 0 Å². The highest BCUT2D eigenvalue weighted by atomic mass is 32.1. The molecule has 0 unspecified atom stereocenters. The molecule has 0 fully saturated rings. The summed E-state index contributed by atoms with van der Waals surface area (Å²) < 4.78 is 9.22. The lowest BCUT2D eigenvalue weighted by Gasteiger charge is -2.45. The minimum Gasteiger partial charge on any atom is -0.453 e. The number of hydrogen-bond donors (Lipinski definition) is 0. The van der Waals surface area contributed by atoms with E-state index in [0.29, 0.717) is 0 Å². The Labute approximate surface area is 551 Å². The molecule has 12 aromatic carbocycles. The Hall–Kier alpha value is -10.3. The first kappa shape index (κ1) is 56.6. The van der Waals surface area contributed by atoms with Crippen molar-refractivity contribution in [3.8, 4) is 44.9 Å². The van der Waals surface area contributed by atoms with Crippen LogP contribution in [0, 0.1) is 0 Å². The quantitative estimate of drug-likeness (QED) is 0.134. The zero-order valence-electron chi connectivity index (χ0n) is 53.5. The molecule has 13 aromatic rings. The van der Waals surface area contributed by atoms with E-state index in [1.54, 1.807) is 0 Å². The van der Waals surface area contributed by atoms with Crippen molar-refractivity contribution in [3.05, 3.63) is 295 Å². The van der Waals surface area contributed by atoms with Gasteiger partial charge in [0.15, 0.2) is 11.5 Å². The maximum atomic E-state index is 6.63. The molecule has 4 aliphatic rings. The highest BCUT2D eigenvalue weighted by molar-refractivity contribution is 7.33. The van der Waals surface area contributed by atoms with E-state index in [9.17, 15) is 0 Å². The molecule has 1 aromatic heterocycles. The van der Waals surface area contributed by atoms with Gasteiger partial charge < -0.3 is 24.3 Å². The molecule has 7 heteroatoms. The molecule has 93 heavy (non-hydrogen) atoms. The van der Waals surface area contributed by atoms with Crippen molar-refractivity contribution in [2.45, 2.75) is 78.1 Å². The lowest BCUT2D eigenvalue weighted by molar-refractivity contribution is 0.477. The Kier molecular flexibility index (Phi) is 13.5. The van der Waals surface area contributed by atoms with Gasteiger partial charge in [-0.3, -0.25) is 0 Å². The Morgan fingerprint density at radius 1 is 0.409 bits per heavy atom. The number of thiophene rings is 1. The molecule has 0 atom stereocenters. The molecule has 0 saturated heterocycles. The monoisotopic (exact) mass is 1220 g/mol. The number of anilines is 12. The molecule has 450 valence electrons. The van der Waals surface area contributed by atoms with E-state index in [1.165, 1.54) is 105 Å². The first-order valence-corrected chi connectivity index (χ1v) is 33.8. The van der Waals surface area contributed by atoms with Crippen LogP contribution in [0.15, 0.2) is 273 Å². The van der Waals surface area contributed by atoms with E-state index in [0.717, 1.165) is 81.7 Å². The van der Waals surface area contributed by atoms with E-state index >= 15 is 0 Å². The summed E-state index contributed by atoms with van der Waals surface area (Å²) in [5.74, 6) is 1.66. The molecule has 0 spiro atoms. The number of hydrogen-bond acceptors (Lipinski definition) is 6. The van der Waals surface area contributed by atoms with Crippen LogP contribution in [0.25, 0.3) is 43.5 Å². The van der Waals surface area contributed by atoms with Crippen LogP contribution in [0.4, 0.5) is 68.2 Å². The lowest BCUT2D eigenvalue weighted by Crippen LogP contribution is -2.60. The number of benzene rings is 12. The van der Waals surface area contributed by atoms with Crippen LogP contribution in [-0.4, -0.2) is 6.71 Å². The highest BCUT2D eigenvalue weighted by Gasteiger charge is 2.47. The molecule has 0 radical (unpaired) electrons. The average Bonchev–Trinajstić information content (AvgIpc) is 1.68. The number of nitrogens with zero attached hydrogens (tertiary/aromatic N) is 4. The van der Waals surface area contributed by atoms with Crippen molar-refractivity contribution in [1.29, 1.82) is 0 Å². The van der Waals surface area contributed by atoms with Gasteiger partial charge in [-0.2, -0.15) is 0 Å². The topological polar surface area (TPSA) is 22.2 Å². The van der Waals surface area contributed by atoms with Crippen LogP contribution >= 0.6 is 11.3 Å². The third-order valence-electron chi connectivity index (χ3n) is 19.7. The van der Waals surface area contributed by atoms with Crippen molar-refractivity contribution < 1.29 is 4.74 Å². The zero-order chi connectivity index (χ0) is 62.7. The van der Waals surface area contributed by atoms with Crippen molar-refractivity contribution in [2.24, 2.45) is 0 Å². The van der Waals surface area contributed by atoms with Crippen LogP contribution in [0.1, 0.15) is 76.6 Å². The van der Waals surface area contributed by atoms with Gasteiger partial charge in [-0.25, -0.2) is 0 Å². The summed E-state index contributed by atoms with van der Waals surface area (Å²) in [7, 11) is 0. The Morgan fingerprint density at radius 3 is 1.71 bits per heavy atom. The molecule has 0 amide bonds. The van der Waals surface area contributed by atoms with Crippen molar-refractivity contribution in [1.82, 2.24) is 0 Å². The van der Waals surface area contributed by atoms with E-state index < -0.39 is 0 Å². The van der Waals surface area contributed by atoms with Gasteiger partial charge >= 0.3 is 0 Å². The minimum absolute atomic E-state index is 0.00984. The highest BCUT2D eigenvalue weighted by Crippen LogP contribution is 2.56. The third-order valence-corrected chi connectivity index (χ3v) is 20.9. The largest absolute Gasteiger partial charge is 0.453 e. The molecule has 17 rings (SSSR count). The smallest absolute Gasteiger partial charge is 0.264 e. The normalized spacial score (nSPS) is 13.7. The SMILES string of the molecule is CC(C)(C)c1ccc(N(c2ccc3c(c2)N(c2cccc4c2CCCC4)c2cc(C(C)(C)C)cc4c2B3c2sc3ccc(-c5ccccc5)cc3c2N4c2ccc(N3c4ccccc4Oc4ccccc43)cc2-c2ccccc2)c2ccccc2-c2ccccc2)cc1. The van der Waals surface area contributed by atoms with Gasteiger partial charge in [0.25, 0.3) is 6.71 Å². The molecule has 5 nitrogen and oxygen atoms in total. The van der Waals surface area contributed by atoms with Crippen LogP contribution < -0.4 is 40.0 Å². The van der Waals surface area contributed by atoms with Gasteiger partial charge in [-0.05, 0) is 195 Å². The summed E-state index contributed by atoms with van der Waals surface area (Å²) in [6.07, 6.45) is 4.46. The fourth-order valence-electron chi connectivity index (χ4n) is 15.1. The van der Waals surface area contributed by atoms with Crippen molar-refractivity contribution in [2.75, 3.05) is 19.6 Å². The number of para-hydroxylation sites is 5. The second-order valence-corrected chi connectivity index (χ2v) is 28.6. The van der Waals surface area contributed by atoms with Crippen LogP contribution in [0.2, 0.25) is 0 Å². The Morgan fingerprint density at radius 2 is 1.01 bits per heavy atom. The molecule has 0 saturated carbocycles. The maximum Gasteiger partial charge on any atom is 0.264 e. The summed E-state index contributed by atoms with van der Waals surface area (Å²) in [5.41, 5.74) is 28.5. The average molecular weight is 1220 g/mol. The number of rotatable bonds is 9. The van der Waals surface area contributed by atoms with Gasteiger partial charge in [-0.15, -0.1) is 11.3 Å². The van der Waals surface area contributed by atoms with E-state index in [2.05, 4.69) is 334 Å². The summed E-state index contributed by atoms with van der Waals surface area (Å²) in [4.78, 5) is 10.3. The second kappa shape index (κ2) is 22.2. The van der Waals surface area contributed by atoms with E-state index in [1.807, 2.05) is 11.3 Å². The van der Waals surface area contributed by atoms with Gasteiger partial charge in [0, 0.05) is 65.8 Å². The van der Waals surface area contributed by atoms with Gasteiger partial charge in [-0.1, -0.05) is 211 Å². The van der Waals surface area contributed by atoms with Crippen LogP contribution in [0.3, 0.4) is 0 Å². The summed E-state index contributed by atoms with van der Waals surface area (Å²) >= 11 is 1.96. The fourth-order valence-corrected chi connectivity index (χ4v) is 16.4. The minimum atomic E-state index is -0.242. The predicted octanol–water partition coefficient (Wildman–Crippen LogP) is 22.5. The lowest BCUT2D eigenvalue weighted by atomic mass is 9.36. The molecule has 0 bridgehead atoms.